The standard InChI is InChI=1S/C21H21N7O5/c1-32-8-9-33-17-11-12(10-15-19(30)28-21(31)25-15)23-20(27-17)22-7-6-16-24-14-5-3-2-4-13(14)18(29)26-16/h2-5,10-11H,6-9H2,1H3,(H,22,23,27)(H,24,26,29)(H2,25,28,30,31)/b15-10-. The molecule has 4 rings (SSSR count). The molecule has 0 atom stereocenters. The molecule has 3 amide bonds. The van der Waals surface area contributed by atoms with Crippen LogP contribution in [0.25, 0.3) is 17.0 Å². The van der Waals surface area contributed by atoms with Crippen molar-refractivity contribution in [3.05, 3.63) is 57.9 Å². The van der Waals surface area contributed by atoms with Gasteiger partial charge in [0.1, 0.15) is 18.1 Å². The molecule has 1 aromatic carbocycles. The van der Waals surface area contributed by atoms with Crippen LogP contribution >= 0.6 is 0 Å². The second-order valence-electron chi connectivity index (χ2n) is 6.97. The number of para-hydroxylation sites is 1. The smallest absolute Gasteiger partial charge is 0.326 e. The molecular weight excluding hydrogens is 430 g/mol. The summed E-state index contributed by atoms with van der Waals surface area (Å²) < 4.78 is 10.6. The lowest BCUT2D eigenvalue weighted by atomic mass is 10.2. The Balaban J connectivity index is 1.50. The van der Waals surface area contributed by atoms with Crippen molar-refractivity contribution in [2.24, 2.45) is 0 Å². The van der Waals surface area contributed by atoms with E-state index in [1.807, 2.05) is 6.07 Å². The fourth-order valence-corrected chi connectivity index (χ4v) is 3.08. The van der Waals surface area contributed by atoms with Crippen molar-refractivity contribution in [3.63, 3.8) is 0 Å². The Morgan fingerprint density at radius 1 is 1.06 bits per heavy atom. The van der Waals surface area contributed by atoms with Gasteiger partial charge in [-0.15, -0.1) is 0 Å². The highest BCUT2D eigenvalue weighted by atomic mass is 16.5. The largest absolute Gasteiger partial charge is 0.475 e. The molecule has 0 bridgehead atoms. The van der Waals surface area contributed by atoms with E-state index in [4.69, 9.17) is 9.47 Å². The van der Waals surface area contributed by atoms with E-state index in [1.165, 1.54) is 12.1 Å². The van der Waals surface area contributed by atoms with Crippen LogP contribution in [0.2, 0.25) is 0 Å². The number of hydrogen-bond donors (Lipinski definition) is 4. The molecule has 1 aliphatic heterocycles. The molecule has 12 nitrogen and oxygen atoms in total. The Morgan fingerprint density at radius 2 is 1.91 bits per heavy atom. The summed E-state index contributed by atoms with van der Waals surface area (Å²) in [5.74, 6) is 0.468. The number of urea groups is 1. The maximum atomic E-state index is 12.2. The highest BCUT2D eigenvalue weighted by Crippen LogP contribution is 2.16. The molecule has 2 aromatic heterocycles. The van der Waals surface area contributed by atoms with Gasteiger partial charge in [-0.05, 0) is 18.2 Å². The summed E-state index contributed by atoms with van der Waals surface area (Å²) in [6.45, 7) is 1.00. The molecule has 0 saturated carbocycles. The minimum absolute atomic E-state index is 0.0606. The molecule has 0 spiro atoms. The molecule has 0 radical (unpaired) electrons. The predicted octanol–water partition coefficient (Wildman–Crippen LogP) is 0.573. The molecule has 33 heavy (non-hydrogen) atoms. The second-order valence-corrected chi connectivity index (χ2v) is 6.97. The number of carbonyl (C=O) groups is 2. The lowest BCUT2D eigenvalue weighted by Gasteiger charge is -2.10. The first kappa shape index (κ1) is 21.9. The Labute approximate surface area is 187 Å². The lowest BCUT2D eigenvalue weighted by Crippen LogP contribution is -2.22. The van der Waals surface area contributed by atoms with E-state index in [-0.39, 0.29) is 29.7 Å². The SMILES string of the molecule is COCCOc1cc(/C=C2\NC(=O)NC2=O)nc(NCCc2nc3ccccc3c(=O)[nH]2)n1. The van der Waals surface area contributed by atoms with Gasteiger partial charge in [0.2, 0.25) is 11.8 Å². The number of nitrogens with zero attached hydrogens (tertiary/aromatic N) is 3. The first-order chi connectivity index (χ1) is 16.0. The number of nitrogens with one attached hydrogen (secondary N) is 4. The zero-order valence-corrected chi connectivity index (χ0v) is 17.7. The van der Waals surface area contributed by atoms with Crippen LogP contribution in [0, 0.1) is 0 Å². The molecule has 3 aromatic rings. The summed E-state index contributed by atoms with van der Waals surface area (Å²) in [6.07, 6.45) is 1.83. The molecule has 3 heterocycles. The van der Waals surface area contributed by atoms with Crippen LogP contribution in [0.5, 0.6) is 5.88 Å². The average molecular weight is 451 g/mol. The number of aromatic amines is 1. The normalized spacial score (nSPS) is 14.4. The Morgan fingerprint density at radius 3 is 2.70 bits per heavy atom. The highest BCUT2D eigenvalue weighted by Gasteiger charge is 2.23. The molecule has 0 unspecified atom stereocenters. The van der Waals surface area contributed by atoms with Gasteiger partial charge in [0.05, 0.1) is 23.2 Å². The number of methoxy groups -OCH3 is 1. The Kier molecular flexibility index (Phi) is 6.55. The number of carbonyl (C=O) groups excluding carboxylic acids is 2. The predicted molar refractivity (Wildman–Crippen MR) is 119 cm³/mol. The number of imide groups is 1. The Hall–Kier alpha value is -4.32. The first-order valence-corrected chi connectivity index (χ1v) is 10.1. The lowest BCUT2D eigenvalue weighted by molar-refractivity contribution is -0.115. The van der Waals surface area contributed by atoms with Gasteiger partial charge in [-0.1, -0.05) is 12.1 Å². The topological polar surface area (TPSA) is 160 Å². The average Bonchev–Trinajstić information content (AvgIpc) is 3.10. The number of fused-ring (bicyclic) bond motifs is 1. The van der Waals surface area contributed by atoms with Crippen LogP contribution in [0.4, 0.5) is 10.7 Å². The summed E-state index contributed by atoms with van der Waals surface area (Å²) in [6, 6.07) is 8.04. The number of anilines is 1. The van der Waals surface area contributed by atoms with Crippen molar-refractivity contribution in [1.29, 1.82) is 0 Å². The van der Waals surface area contributed by atoms with Gasteiger partial charge in [0.25, 0.3) is 11.5 Å². The number of ether oxygens (including phenoxy) is 2. The summed E-state index contributed by atoms with van der Waals surface area (Å²) in [5, 5.41) is 8.12. The highest BCUT2D eigenvalue weighted by molar-refractivity contribution is 6.13. The van der Waals surface area contributed by atoms with Gasteiger partial charge in [0, 0.05) is 26.1 Å². The summed E-state index contributed by atoms with van der Waals surface area (Å²) in [4.78, 5) is 51.3. The third-order valence-corrected chi connectivity index (χ3v) is 4.58. The van der Waals surface area contributed by atoms with Gasteiger partial charge in [0.15, 0.2) is 0 Å². The number of amides is 3. The van der Waals surface area contributed by atoms with E-state index in [0.717, 1.165) is 0 Å². The minimum Gasteiger partial charge on any atom is -0.475 e. The van der Waals surface area contributed by atoms with Gasteiger partial charge in [-0.3, -0.25) is 14.9 Å². The maximum Gasteiger partial charge on any atom is 0.326 e. The molecular formula is C21H21N7O5. The van der Waals surface area contributed by atoms with Crippen LogP contribution in [-0.4, -0.2) is 58.7 Å². The monoisotopic (exact) mass is 451 g/mol. The zero-order chi connectivity index (χ0) is 23.2. The molecule has 1 saturated heterocycles. The number of rotatable bonds is 9. The van der Waals surface area contributed by atoms with Crippen LogP contribution in [0.15, 0.2) is 40.8 Å². The molecule has 170 valence electrons. The fourth-order valence-electron chi connectivity index (χ4n) is 3.08. The van der Waals surface area contributed by atoms with Gasteiger partial charge in [-0.25, -0.2) is 14.8 Å². The van der Waals surface area contributed by atoms with Crippen LogP contribution in [0.1, 0.15) is 11.5 Å². The van der Waals surface area contributed by atoms with Crippen molar-refractivity contribution in [3.8, 4) is 5.88 Å². The molecule has 0 aliphatic carbocycles. The fraction of sp³-hybridized carbons (Fsp3) is 0.238. The number of hydrogen-bond acceptors (Lipinski definition) is 9. The van der Waals surface area contributed by atoms with Crippen LogP contribution < -0.4 is 26.2 Å². The second kappa shape index (κ2) is 9.87. The van der Waals surface area contributed by atoms with Gasteiger partial charge in [-0.2, -0.15) is 4.98 Å². The molecule has 1 fully saturated rings. The number of aromatic nitrogens is 4. The molecule has 4 N–H and O–H groups in total. The quantitative estimate of drug-likeness (QED) is 0.207. The number of H-pyrrole nitrogens is 1. The van der Waals surface area contributed by atoms with E-state index in [1.54, 1.807) is 25.3 Å². The van der Waals surface area contributed by atoms with E-state index in [2.05, 4.69) is 35.9 Å². The van der Waals surface area contributed by atoms with Crippen molar-refractivity contribution < 1.29 is 19.1 Å². The van der Waals surface area contributed by atoms with Crippen molar-refractivity contribution >= 4 is 34.9 Å². The summed E-state index contributed by atoms with van der Waals surface area (Å²) in [5.41, 5.74) is 0.827. The van der Waals surface area contributed by atoms with Crippen LogP contribution in [0.3, 0.4) is 0 Å². The summed E-state index contributed by atoms with van der Waals surface area (Å²) >= 11 is 0. The van der Waals surface area contributed by atoms with Crippen molar-refractivity contribution in [1.82, 2.24) is 30.6 Å². The van der Waals surface area contributed by atoms with E-state index in [9.17, 15) is 14.4 Å². The Bertz CT molecular complexity index is 1290. The molecule has 12 heteroatoms. The summed E-state index contributed by atoms with van der Waals surface area (Å²) in [7, 11) is 1.55. The van der Waals surface area contributed by atoms with Crippen LogP contribution in [-0.2, 0) is 16.0 Å². The van der Waals surface area contributed by atoms with E-state index < -0.39 is 11.9 Å². The first-order valence-electron chi connectivity index (χ1n) is 10.1. The van der Waals surface area contributed by atoms with Gasteiger partial charge >= 0.3 is 6.03 Å². The van der Waals surface area contributed by atoms with E-state index >= 15 is 0 Å². The zero-order valence-electron chi connectivity index (χ0n) is 17.7. The maximum absolute atomic E-state index is 12.2. The molecule has 1 aliphatic rings. The minimum atomic E-state index is -0.605. The van der Waals surface area contributed by atoms with Crippen molar-refractivity contribution in [2.75, 3.05) is 32.2 Å². The van der Waals surface area contributed by atoms with Crippen molar-refractivity contribution in [2.45, 2.75) is 6.42 Å². The third kappa shape index (κ3) is 5.49. The van der Waals surface area contributed by atoms with Gasteiger partial charge < -0.3 is 25.1 Å². The van der Waals surface area contributed by atoms with E-state index in [0.29, 0.717) is 42.0 Å². The third-order valence-electron chi connectivity index (χ3n) is 4.58. The number of benzene rings is 1.